The summed E-state index contributed by atoms with van der Waals surface area (Å²) in [4.78, 5) is 2.73. The Kier molecular flexibility index (Phi) is 2.63. The van der Waals surface area contributed by atoms with Gasteiger partial charge in [0.05, 0.1) is 0 Å². The Labute approximate surface area is 116 Å². The molecule has 0 amide bonds. The predicted octanol–water partition coefficient (Wildman–Crippen LogP) is 3.28. The van der Waals surface area contributed by atoms with Crippen molar-refractivity contribution in [3.8, 4) is 0 Å². The first-order chi connectivity index (χ1) is 9.20. The maximum atomic E-state index is 3.78. The van der Waals surface area contributed by atoms with Crippen LogP contribution in [0.3, 0.4) is 0 Å². The van der Waals surface area contributed by atoms with E-state index in [1.165, 1.54) is 36.9 Å². The number of nitrogens with zero attached hydrogens (tertiary/aromatic N) is 1. The van der Waals surface area contributed by atoms with Gasteiger partial charge in [-0.2, -0.15) is 0 Å². The van der Waals surface area contributed by atoms with Gasteiger partial charge in [-0.25, -0.2) is 0 Å². The molecule has 2 heteroatoms. The SMILES string of the molecule is CC(C)c1ccc(N2C3CC4CC2CC(C3)N4)cc1. The summed E-state index contributed by atoms with van der Waals surface area (Å²) in [6.45, 7) is 4.54. The topological polar surface area (TPSA) is 15.3 Å². The normalized spacial score (nSPS) is 36.3. The van der Waals surface area contributed by atoms with Crippen LogP contribution in [0.1, 0.15) is 51.0 Å². The molecular formula is C17H24N2. The van der Waals surface area contributed by atoms with Gasteiger partial charge in [0, 0.05) is 29.9 Å². The van der Waals surface area contributed by atoms with Gasteiger partial charge >= 0.3 is 0 Å². The second kappa shape index (κ2) is 4.24. The van der Waals surface area contributed by atoms with E-state index in [0.717, 1.165) is 24.2 Å². The van der Waals surface area contributed by atoms with Crippen LogP contribution in [-0.2, 0) is 0 Å². The Morgan fingerprint density at radius 3 is 1.95 bits per heavy atom. The molecule has 4 heterocycles. The smallest absolute Gasteiger partial charge is 0.0371 e. The highest BCUT2D eigenvalue weighted by Gasteiger charge is 2.46. The molecule has 0 saturated carbocycles. The Hall–Kier alpha value is -1.02. The van der Waals surface area contributed by atoms with Crippen molar-refractivity contribution in [1.82, 2.24) is 5.32 Å². The van der Waals surface area contributed by atoms with Gasteiger partial charge in [0.25, 0.3) is 0 Å². The van der Waals surface area contributed by atoms with Crippen LogP contribution in [0.25, 0.3) is 0 Å². The largest absolute Gasteiger partial charge is 0.365 e. The minimum Gasteiger partial charge on any atom is -0.365 e. The molecular weight excluding hydrogens is 232 g/mol. The molecule has 0 aromatic heterocycles. The molecule has 19 heavy (non-hydrogen) atoms. The molecule has 4 aliphatic rings. The first-order valence-corrected chi connectivity index (χ1v) is 7.85. The molecule has 4 saturated heterocycles. The zero-order chi connectivity index (χ0) is 13.0. The number of nitrogens with one attached hydrogen (secondary N) is 1. The molecule has 4 bridgehead atoms. The van der Waals surface area contributed by atoms with E-state index < -0.39 is 0 Å². The van der Waals surface area contributed by atoms with Crippen molar-refractivity contribution >= 4 is 5.69 Å². The zero-order valence-corrected chi connectivity index (χ0v) is 12.0. The Balaban J connectivity index is 1.62. The van der Waals surface area contributed by atoms with E-state index in [1.807, 2.05) is 0 Å². The highest BCUT2D eigenvalue weighted by molar-refractivity contribution is 5.52. The van der Waals surface area contributed by atoms with Crippen LogP contribution < -0.4 is 10.2 Å². The van der Waals surface area contributed by atoms with Crippen molar-refractivity contribution in [1.29, 1.82) is 0 Å². The average molecular weight is 256 g/mol. The lowest BCUT2D eigenvalue weighted by Gasteiger charge is -2.58. The number of anilines is 1. The minimum atomic E-state index is 0.631. The molecule has 4 fully saturated rings. The fraction of sp³-hybridized carbons (Fsp3) is 0.647. The van der Waals surface area contributed by atoms with Crippen molar-refractivity contribution in [3.05, 3.63) is 29.8 Å². The fourth-order valence-corrected chi connectivity index (χ4v) is 4.51. The van der Waals surface area contributed by atoms with Crippen LogP contribution >= 0.6 is 0 Å². The lowest BCUT2D eigenvalue weighted by molar-refractivity contribution is 0.135. The number of rotatable bonds is 2. The third kappa shape index (κ3) is 1.88. The molecule has 0 spiro atoms. The monoisotopic (exact) mass is 256 g/mol. The van der Waals surface area contributed by atoms with E-state index >= 15 is 0 Å². The van der Waals surface area contributed by atoms with Gasteiger partial charge < -0.3 is 10.2 Å². The van der Waals surface area contributed by atoms with Gasteiger partial charge in [-0.05, 0) is 49.3 Å². The van der Waals surface area contributed by atoms with E-state index in [-0.39, 0.29) is 0 Å². The first kappa shape index (κ1) is 11.8. The molecule has 1 aromatic carbocycles. The third-order valence-electron chi connectivity index (χ3n) is 5.34. The van der Waals surface area contributed by atoms with Gasteiger partial charge in [0.2, 0.25) is 0 Å². The summed E-state index contributed by atoms with van der Waals surface area (Å²) >= 11 is 0. The van der Waals surface area contributed by atoms with Gasteiger partial charge in [-0.1, -0.05) is 26.0 Å². The summed E-state index contributed by atoms with van der Waals surface area (Å²) in [6, 6.07) is 12.5. The highest BCUT2D eigenvalue weighted by Crippen LogP contribution is 2.41. The quantitative estimate of drug-likeness (QED) is 0.873. The Morgan fingerprint density at radius 2 is 1.47 bits per heavy atom. The second-order valence-electron chi connectivity index (χ2n) is 6.96. The zero-order valence-electron chi connectivity index (χ0n) is 12.0. The van der Waals surface area contributed by atoms with Crippen LogP contribution in [0.15, 0.2) is 24.3 Å². The van der Waals surface area contributed by atoms with E-state index in [4.69, 9.17) is 0 Å². The average Bonchev–Trinajstić information content (AvgIpc) is 2.38. The predicted molar refractivity (Wildman–Crippen MR) is 79.8 cm³/mol. The molecule has 5 rings (SSSR count). The van der Waals surface area contributed by atoms with E-state index in [1.54, 1.807) is 0 Å². The van der Waals surface area contributed by atoms with Gasteiger partial charge in [0.15, 0.2) is 0 Å². The molecule has 0 unspecified atom stereocenters. The maximum absolute atomic E-state index is 3.78. The molecule has 102 valence electrons. The Morgan fingerprint density at radius 1 is 0.947 bits per heavy atom. The number of hydrogen-bond acceptors (Lipinski definition) is 2. The molecule has 4 aliphatic heterocycles. The summed E-state index contributed by atoms with van der Waals surface area (Å²) < 4.78 is 0. The summed E-state index contributed by atoms with van der Waals surface area (Å²) in [7, 11) is 0. The second-order valence-corrected chi connectivity index (χ2v) is 6.96. The standard InChI is InChI=1S/C17H24N2/c1-11(2)12-3-5-15(6-4-12)19-16-7-13-8-17(19)10-14(9-16)18-13/h3-6,11,13-14,16-18H,7-10H2,1-2H3. The van der Waals surface area contributed by atoms with E-state index in [9.17, 15) is 0 Å². The van der Waals surface area contributed by atoms with Crippen LogP contribution in [0.2, 0.25) is 0 Å². The number of benzene rings is 1. The van der Waals surface area contributed by atoms with Crippen LogP contribution in [0.5, 0.6) is 0 Å². The lowest BCUT2D eigenvalue weighted by atomic mass is 9.74. The summed E-state index contributed by atoms with van der Waals surface area (Å²) in [5, 5.41) is 3.78. The number of hydrogen-bond donors (Lipinski definition) is 1. The van der Waals surface area contributed by atoms with Gasteiger partial charge in [-0.3, -0.25) is 0 Å². The van der Waals surface area contributed by atoms with Crippen LogP contribution in [0, 0.1) is 0 Å². The molecule has 2 nitrogen and oxygen atoms in total. The van der Waals surface area contributed by atoms with Crippen LogP contribution in [0.4, 0.5) is 5.69 Å². The van der Waals surface area contributed by atoms with Crippen molar-refractivity contribution in [2.75, 3.05) is 4.90 Å². The maximum Gasteiger partial charge on any atom is 0.0371 e. The lowest BCUT2D eigenvalue weighted by Crippen LogP contribution is -2.67. The first-order valence-electron chi connectivity index (χ1n) is 7.85. The molecule has 1 aromatic rings. The fourth-order valence-electron chi connectivity index (χ4n) is 4.51. The highest BCUT2D eigenvalue weighted by atomic mass is 15.3. The summed E-state index contributed by atoms with van der Waals surface area (Å²) in [5.74, 6) is 0.631. The van der Waals surface area contributed by atoms with Gasteiger partial charge in [-0.15, -0.1) is 0 Å². The molecule has 0 atom stereocenters. The molecule has 1 N–H and O–H groups in total. The van der Waals surface area contributed by atoms with Crippen molar-refractivity contribution in [2.24, 2.45) is 0 Å². The number of piperidine rings is 4. The third-order valence-corrected chi connectivity index (χ3v) is 5.34. The van der Waals surface area contributed by atoms with Crippen molar-refractivity contribution in [2.45, 2.75) is 69.6 Å². The molecule has 0 radical (unpaired) electrons. The molecule has 0 aliphatic carbocycles. The van der Waals surface area contributed by atoms with E-state index in [2.05, 4.69) is 48.3 Å². The van der Waals surface area contributed by atoms with Crippen molar-refractivity contribution < 1.29 is 0 Å². The Bertz CT molecular complexity index is 435. The summed E-state index contributed by atoms with van der Waals surface area (Å²) in [5.41, 5.74) is 2.91. The van der Waals surface area contributed by atoms with Crippen LogP contribution in [-0.4, -0.2) is 24.2 Å². The minimum absolute atomic E-state index is 0.631. The van der Waals surface area contributed by atoms with E-state index in [0.29, 0.717) is 5.92 Å². The summed E-state index contributed by atoms with van der Waals surface area (Å²) in [6.07, 6.45) is 5.38. The van der Waals surface area contributed by atoms with Gasteiger partial charge in [0.1, 0.15) is 0 Å². The van der Waals surface area contributed by atoms with Crippen molar-refractivity contribution in [3.63, 3.8) is 0 Å².